The summed E-state index contributed by atoms with van der Waals surface area (Å²) in [7, 11) is 0. The van der Waals surface area contributed by atoms with Crippen LogP contribution in [0.3, 0.4) is 0 Å². The Morgan fingerprint density at radius 1 is 1.39 bits per heavy atom. The van der Waals surface area contributed by atoms with Crippen molar-refractivity contribution in [1.82, 2.24) is 14.9 Å². The highest BCUT2D eigenvalue weighted by Gasteiger charge is 2.26. The Morgan fingerprint density at radius 3 is 2.79 bits per heavy atom. The van der Waals surface area contributed by atoms with E-state index >= 15 is 0 Å². The number of amides is 1. The lowest BCUT2D eigenvalue weighted by atomic mass is 9.90. The lowest BCUT2D eigenvalue weighted by molar-refractivity contribution is -0.123. The van der Waals surface area contributed by atoms with E-state index in [2.05, 4.69) is 24.1 Å². The number of rotatable bonds is 7. The van der Waals surface area contributed by atoms with Gasteiger partial charge in [0.1, 0.15) is 4.83 Å². The fourth-order valence-corrected chi connectivity index (χ4v) is 5.27. The number of hydrogen-bond acceptors (Lipinski definition) is 5. The number of hydrogen-bond donors (Lipinski definition) is 2. The minimum absolute atomic E-state index is 0. The molecule has 1 amide bonds. The van der Waals surface area contributed by atoms with Gasteiger partial charge in [-0.15, -0.1) is 23.7 Å². The van der Waals surface area contributed by atoms with Crippen LogP contribution in [0.1, 0.15) is 56.9 Å². The fourth-order valence-electron chi connectivity index (χ4n) is 4.05. The van der Waals surface area contributed by atoms with Crippen molar-refractivity contribution in [2.45, 2.75) is 71.4 Å². The third-order valence-electron chi connectivity index (χ3n) is 5.27. The van der Waals surface area contributed by atoms with Crippen molar-refractivity contribution in [3.8, 4) is 0 Å². The summed E-state index contributed by atoms with van der Waals surface area (Å²) in [5.74, 6) is 0.362. The fraction of sp³-hybridized carbons (Fsp3) is 0.650. The van der Waals surface area contributed by atoms with Crippen molar-refractivity contribution in [2.75, 3.05) is 6.54 Å². The van der Waals surface area contributed by atoms with E-state index in [1.165, 1.54) is 16.9 Å². The van der Waals surface area contributed by atoms with E-state index in [9.17, 15) is 9.59 Å². The van der Waals surface area contributed by atoms with Gasteiger partial charge < -0.3 is 11.1 Å². The molecule has 8 heteroatoms. The number of nitrogens with one attached hydrogen (secondary N) is 1. The molecule has 0 radical (unpaired) electrons. The molecule has 2 aromatic rings. The molecule has 0 saturated carbocycles. The van der Waals surface area contributed by atoms with Gasteiger partial charge in [0.05, 0.1) is 11.7 Å². The molecule has 0 aliphatic heterocycles. The maximum absolute atomic E-state index is 12.9. The van der Waals surface area contributed by atoms with Crippen LogP contribution in [0.2, 0.25) is 0 Å². The van der Waals surface area contributed by atoms with Crippen molar-refractivity contribution in [3.63, 3.8) is 0 Å². The van der Waals surface area contributed by atoms with Crippen molar-refractivity contribution in [3.05, 3.63) is 27.1 Å². The van der Waals surface area contributed by atoms with E-state index in [1.54, 1.807) is 22.2 Å². The number of nitrogens with two attached hydrogens (primary N) is 1. The number of halogens is 1. The Balaban J connectivity index is 0.00000280. The smallest absolute Gasteiger partial charge is 0.262 e. The number of carbonyl (C=O) groups is 1. The molecule has 6 nitrogen and oxygen atoms in total. The van der Waals surface area contributed by atoms with Gasteiger partial charge >= 0.3 is 0 Å². The standard InChI is InChI=1S/C20H30N4O2S.ClH/c1-13(2)10-20(3,11-21)23-16(25)8-9-24-12-22-18-17(19(24)26)14-6-4-5-7-15(14)27-18;/h12-13H,4-11,21H2,1-3H3,(H,23,25);1H. The first-order valence-electron chi connectivity index (χ1n) is 9.84. The van der Waals surface area contributed by atoms with Crippen LogP contribution in [0.4, 0.5) is 0 Å². The lowest BCUT2D eigenvalue weighted by Gasteiger charge is -2.31. The monoisotopic (exact) mass is 426 g/mol. The van der Waals surface area contributed by atoms with Crippen molar-refractivity contribution >= 4 is 39.9 Å². The number of nitrogens with zero attached hydrogens (tertiary/aromatic N) is 2. The first-order chi connectivity index (χ1) is 12.8. The highest BCUT2D eigenvalue weighted by Crippen LogP contribution is 2.33. The molecule has 1 aliphatic carbocycles. The average Bonchev–Trinajstić information content (AvgIpc) is 2.99. The quantitative estimate of drug-likeness (QED) is 0.711. The third kappa shape index (κ3) is 4.93. The van der Waals surface area contributed by atoms with E-state index in [4.69, 9.17) is 5.73 Å². The van der Waals surface area contributed by atoms with Gasteiger partial charge in [0, 0.05) is 29.9 Å². The van der Waals surface area contributed by atoms with E-state index in [-0.39, 0.29) is 30.3 Å². The molecule has 156 valence electrons. The van der Waals surface area contributed by atoms with Crippen LogP contribution in [0.25, 0.3) is 10.2 Å². The van der Waals surface area contributed by atoms with Gasteiger partial charge in [-0.3, -0.25) is 14.2 Å². The second-order valence-corrected chi connectivity index (χ2v) is 9.38. The summed E-state index contributed by atoms with van der Waals surface area (Å²) in [6, 6.07) is 0. The van der Waals surface area contributed by atoms with E-state index in [0.717, 1.165) is 35.9 Å². The summed E-state index contributed by atoms with van der Waals surface area (Å²) >= 11 is 1.65. The van der Waals surface area contributed by atoms with Crippen LogP contribution < -0.4 is 16.6 Å². The normalized spacial score (nSPS) is 15.8. The molecule has 1 unspecified atom stereocenters. The summed E-state index contributed by atoms with van der Waals surface area (Å²) in [5.41, 5.74) is 6.63. The van der Waals surface area contributed by atoms with Gasteiger partial charge in [-0.05, 0) is 50.5 Å². The van der Waals surface area contributed by atoms with Crippen LogP contribution in [-0.2, 0) is 24.2 Å². The van der Waals surface area contributed by atoms with Gasteiger partial charge in [-0.1, -0.05) is 13.8 Å². The van der Waals surface area contributed by atoms with E-state index in [1.807, 2.05) is 6.92 Å². The van der Waals surface area contributed by atoms with Gasteiger partial charge in [0.15, 0.2) is 0 Å². The second kappa shape index (κ2) is 9.37. The van der Waals surface area contributed by atoms with Crippen molar-refractivity contribution < 1.29 is 4.79 Å². The molecular formula is C20H31ClN4O2S. The highest BCUT2D eigenvalue weighted by molar-refractivity contribution is 7.18. The molecule has 3 N–H and O–H groups in total. The first-order valence-corrected chi connectivity index (χ1v) is 10.7. The number of carbonyl (C=O) groups excluding carboxylic acids is 1. The summed E-state index contributed by atoms with van der Waals surface area (Å²) in [6.45, 7) is 6.93. The maximum atomic E-state index is 12.9. The number of aromatic nitrogens is 2. The average molecular weight is 427 g/mol. The van der Waals surface area contributed by atoms with Gasteiger partial charge in [0.2, 0.25) is 5.91 Å². The Morgan fingerprint density at radius 2 is 2.11 bits per heavy atom. The Bertz CT molecular complexity index is 892. The van der Waals surface area contributed by atoms with Crippen LogP contribution in [0.15, 0.2) is 11.1 Å². The summed E-state index contributed by atoms with van der Waals surface area (Å²) in [6.07, 6.45) is 6.97. The Hall–Kier alpha value is -1.44. The van der Waals surface area contributed by atoms with Crippen molar-refractivity contribution in [2.24, 2.45) is 11.7 Å². The van der Waals surface area contributed by atoms with E-state index < -0.39 is 5.54 Å². The molecule has 28 heavy (non-hydrogen) atoms. The molecule has 3 rings (SSSR count). The molecule has 0 fully saturated rings. The molecule has 2 heterocycles. The Labute approximate surface area is 176 Å². The highest BCUT2D eigenvalue weighted by atomic mass is 35.5. The molecule has 0 spiro atoms. The largest absolute Gasteiger partial charge is 0.350 e. The lowest BCUT2D eigenvalue weighted by Crippen LogP contribution is -2.52. The summed E-state index contributed by atoms with van der Waals surface area (Å²) in [5, 5.41) is 3.82. The molecule has 0 saturated heterocycles. The van der Waals surface area contributed by atoms with Crippen LogP contribution in [0, 0.1) is 5.92 Å². The zero-order valence-corrected chi connectivity index (χ0v) is 18.5. The zero-order valence-electron chi connectivity index (χ0n) is 16.9. The second-order valence-electron chi connectivity index (χ2n) is 8.30. The van der Waals surface area contributed by atoms with Crippen LogP contribution >= 0.6 is 23.7 Å². The van der Waals surface area contributed by atoms with Gasteiger partial charge in [-0.25, -0.2) is 4.98 Å². The topological polar surface area (TPSA) is 90.0 Å². The predicted octanol–water partition coefficient (Wildman–Crippen LogP) is 3.03. The van der Waals surface area contributed by atoms with Gasteiger partial charge in [0.25, 0.3) is 5.56 Å². The number of aryl methyl sites for hydroxylation is 3. The third-order valence-corrected chi connectivity index (χ3v) is 6.47. The molecule has 1 atom stereocenters. The Kier molecular flexibility index (Phi) is 7.65. The first kappa shape index (κ1) is 22.8. The number of fused-ring (bicyclic) bond motifs is 3. The maximum Gasteiger partial charge on any atom is 0.262 e. The van der Waals surface area contributed by atoms with Crippen LogP contribution in [0.5, 0.6) is 0 Å². The minimum Gasteiger partial charge on any atom is -0.350 e. The molecule has 0 aromatic carbocycles. The molecule has 1 aliphatic rings. The summed E-state index contributed by atoms with van der Waals surface area (Å²) in [4.78, 5) is 32.0. The summed E-state index contributed by atoms with van der Waals surface area (Å²) < 4.78 is 1.58. The minimum atomic E-state index is -0.412. The molecule has 2 aromatic heterocycles. The van der Waals surface area contributed by atoms with E-state index in [0.29, 0.717) is 19.0 Å². The van der Waals surface area contributed by atoms with Crippen molar-refractivity contribution in [1.29, 1.82) is 0 Å². The number of thiophene rings is 1. The molecular weight excluding hydrogens is 396 g/mol. The van der Waals surface area contributed by atoms with Gasteiger partial charge in [-0.2, -0.15) is 0 Å². The molecule has 0 bridgehead atoms. The SMILES string of the molecule is CC(C)CC(C)(CN)NC(=O)CCn1cnc2sc3c(c2c1=O)CCCC3.Cl. The predicted molar refractivity (Wildman–Crippen MR) is 117 cm³/mol. The van der Waals surface area contributed by atoms with Crippen LogP contribution in [-0.4, -0.2) is 27.5 Å². The zero-order chi connectivity index (χ0) is 19.6.